The summed E-state index contributed by atoms with van der Waals surface area (Å²) in [4.78, 5) is 12.7. The van der Waals surface area contributed by atoms with E-state index in [9.17, 15) is 4.79 Å². The first kappa shape index (κ1) is 15.4. The van der Waals surface area contributed by atoms with Crippen LogP contribution < -0.4 is 11.1 Å². The number of nitrogens with zero attached hydrogens (tertiary/aromatic N) is 2. The summed E-state index contributed by atoms with van der Waals surface area (Å²) >= 11 is 1.37. The number of aryl methyl sites for hydroxylation is 1. The molecule has 3 N–H and O–H groups in total. The van der Waals surface area contributed by atoms with E-state index in [0.29, 0.717) is 11.6 Å². The summed E-state index contributed by atoms with van der Waals surface area (Å²) in [5.74, 6) is 0.651. The summed E-state index contributed by atoms with van der Waals surface area (Å²) < 4.78 is 5.32. The van der Waals surface area contributed by atoms with Crippen molar-refractivity contribution in [2.75, 3.05) is 16.8 Å². The number of thioether (sulfide) groups is 1. The highest BCUT2D eigenvalue weighted by molar-refractivity contribution is 8.00. The van der Waals surface area contributed by atoms with Crippen LogP contribution in [0, 0.1) is 6.92 Å². The second-order valence-corrected chi connectivity index (χ2v) is 6.00. The van der Waals surface area contributed by atoms with Gasteiger partial charge in [-0.3, -0.25) is 10.1 Å². The van der Waals surface area contributed by atoms with Crippen LogP contribution in [0.1, 0.15) is 31.2 Å². The lowest BCUT2D eigenvalue weighted by Crippen LogP contribution is -2.14. The fraction of sp³-hybridized carbons (Fsp3) is 0.357. The lowest BCUT2D eigenvalue weighted by atomic mass is 10.2. The fourth-order valence-corrected chi connectivity index (χ4v) is 2.45. The van der Waals surface area contributed by atoms with Gasteiger partial charge in [0.15, 0.2) is 0 Å². The van der Waals surface area contributed by atoms with Gasteiger partial charge >= 0.3 is 6.01 Å². The fourth-order valence-electron chi connectivity index (χ4n) is 1.58. The minimum absolute atomic E-state index is 0.126. The lowest BCUT2D eigenvalue weighted by molar-refractivity contribution is -0.113. The van der Waals surface area contributed by atoms with E-state index >= 15 is 0 Å². The van der Waals surface area contributed by atoms with Gasteiger partial charge in [-0.1, -0.05) is 25.0 Å². The van der Waals surface area contributed by atoms with Crippen molar-refractivity contribution in [3.63, 3.8) is 0 Å². The molecule has 0 unspecified atom stereocenters. The molecule has 1 aromatic carbocycles. The molecule has 1 heterocycles. The van der Waals surface area contributed by atoms with Crippen molar-refractivity contribution in [3.05, 3.63) is 29.7 Å². The number of carbonyl (C=O) groups excluding carboxylic acids is 1. The molecule has 2 aromatic rings. The Morgan fingerprint density at radius 1 is 1.43 bits per heavy atom. The zero-order valence-corrected chi connectivity index (χ0v) is 13.0. The monoisotopic (exact) mass is 306 g/mol. The summed E-state index contributed by atoms with van der Waals surface area (Å²) in [6, 6.07) is 5.85. The number of rotatable bonds is 5. The van der Waals surface area contributed by atoms with Crippen LogP contribution in [0.25, 0.3) is 0 Å². The predicted molar refractivity (Wildman–Crippen MR) is 83.3 cm³/mol. The minimum Gasteiger partial charge on any atom is -0.408 e. The topological polar surface area (TPSA) is 94.0 Å². The van der Waals surface area contributed by atoms with Crippen LogP contribution in [0.15, 0.2) is 27.5 Å². The van der Waals surface area contributed by atoms with Gasteiger partial charge in [0.05, 0.1) is 5.75 Å². The van der Waals surface area contributed by atoms with Gasteiger partial charge in [0.2, 0.25) is 11.8 Å². The van der Waals surface area contributed by atoms with E-state index in [1.807, 2.05) is 39.0 Å². The smallest absolute Gasteiger partial charge is 0.322 e. The van der Waals surface area contributed by atoms with E-state index in [2.05, 4.69) is 15.5 Å². The molecule has 7 heteroatoms. The van der Waals surface area contributed by atoms with Crippen molar-refractivity contribution >= 4 is 29.4 Å². The number of nitrogens with two attached hydrogens (primary N) is 1. The quantitative estimate of drug-likeness (QED) is 0.651. The van der Waals surface area contributed by atoms with Crippen molar-refractivity contribution in [2.24, 2.45) is 0 Å². The molecule has 0 saturated heterocycles. The molecule has 0 aliphatic heterocycles. The van der Waals surface area contributed by atoms with Gasteiger partial charge in [0.25, 0.3) is 0 Å². The Morgan fingerprint density at radius 3 is 2.86 bits per heavy atom. The molecule has 0 fully saturated rings. The number of hydrogen-bond donors (Lipinski definition) is 2. The molecule has 0 bridgehead atoms. The van der Waals surface area contributed by atoms with Crippen LogP contribution in [-0.4, -0.2) is 21.9 Å². The first-order chi connectivity index (χ1) is 9.95. The van der Waals surface area contributed by atoms with E-state index in [4.69, 9.17) is 10.2 Å². The van der Waals surface area contributed by atoms with Gasteiger partial charge in [-0.25, -0.2) is 0 Å². The average Bonchev–Trinajstić information content (AvgIpc) is 2.88. The zero-order chi connectivity index (χ0) is 15.4. The Hall–Kier alpha value is -2.02. The molecule has 0 atom stereocenters. The second kappa shape index (κ2) is 6.62. The van der Waals surface area contributed by atoms with Gasteiger partial charge in [-0.05, 0) is 24.6 Å². The van der Waals surface area contributed by atoms with Crippen LogP contribution in [0.4, 0.5) is 11.7 Å². The molecular formula is C14H18N4O2S. The average molecular weight is 306 g/mol. The first-order valence-corrected chi connectivity index (χ1v) is 7.56. The van der Waals surface area contributed by atoms with E-state index in [1.54, 1.807) is 0 Å². The molecule has 0 spiro atoms. The number of carbonyl (C=O) groups is 1. The number of benzene rings is 1. The Morgan fingerprint density at radius 2 is 2.19 bits per heavy atom. The maximum Gasteiger partial charge on any atom is 0.322 e. The van der Waals surface area contributed by atoms with Gasteiger partial charge in [-0.2, -0.15) is 0 Å². The third-order valence-electron chi connectivity index (χ3n) is 2.71. The number of anilines is 2. The maximum atomic E-state index is 11.9. The van der Waals surface area contributed by atoms with Crippen molar-refractivity contribution in [1.29, 1.82) is 0 Å². The Bertz CT molecular complexity index is 640. The molecule has 21 heavy (non-hydrogen) atoms. The molecule has 112 valence electrons. The SMILES string of the molecule is Cc1ccc(N)c(SCC(=O)Nc2nnc(C(C)C)o2)c1. The van der Waals surface area contributed by atoms with Crippen LogP contribution in [0.2, 0.25) is 0 Å². The second-order valence-electron chi connectivity index (χ2n) is 4.98. The summed E-state index contributed by atoms with van der Waals surface area (Å²) in [5.41, 5.74) is 7.64. The van der Waals surface area contributed by atoms with E-state index in [0.717, 1.165) is 10.5 Å². The van der Waals surface area contributed by atoms with Crippen molar-refractivity contribution in [1.82, 2.24) is 10.2 Å². The van der Waals surface area contributed by atoms with Crippen molar-refractivity contribution in [2.45, 2.75) is 31.6 Å². The van der Waals surface area contributed by atoms with Gasteiger partial charge < -0.3 is 10.2 Å². The summed E-state index contributed by atoms with van der Waals surface area (Å²) in [7, 11) is 0. The molecular weight excluding hydrogens is 288 g/mol. The summed E-state index contributed by atoms with van der Waals surface area (Å²) in [6.45, 7) is 5.86. The standard InChI is InChI=1S/C14H18N4O2S/c1-8(2)13-17-18-14(20-13)16-12(19)7-21-11-6-9(3)4-5-10(11)15/h4-6,8H,7,15H2,1-3H3,(H,16,18,19). The molecule has 2 rings (SSSR count). The number of nitrogens with one attached hydrogen (secondary N) is 1. The zero-order valence-electron chi connectivity index (χ0n) is 12.2. The Labute approximate surface area is 127 Å². The highest BCUT2D eigenvalue weighted by atomic mass is 32.2. The minimum atomic E-state index is -0.208. The van der Waals surface area contributed by atoms with Gasteiger partial charge in [0.1, 0.15) is 0 Å². The number of amides is 1. The van der Waals surface area contributed by atoms with E-state index in [1.165, 1.54) is 11.8 Å². The van der Waals surface area contributed by atoms with Gasteiger partial charge in [0, 0.05) is 16.5 Å². The van der Waals surface area contributed by atoms with Crippen LogP contribution >= 0.6 is 11.8 Å². The Balaban J connectivity index is 1.91. The largest absolute Gasteiger partial charge is 0.408 e. The van der Waals surface area contributed by atoms with Crippen LogP contribution in [0.5, 0.6) is 0 Å². The molecule has 0 aliphatic rings. The predicted octanol–water partition coefficient (Wildman–Crippen LogP) is 2.81. The summed E-state index contributed by atoms with van der Waals surface area (Å²) in [5, 5.41) is 10.2. The van der Waals surface area contributed by atoms with Crippen molar-refractivity contribution < 1.29 is 9.21 Å². The number of hydrogen-bond acceptors (Lipinski definition) is 6. The van der Waals surface area contributed by atoms with Crippen LogP contribution in [0.3, 0.4) is 0 Å². The van der Waals surface area contributed by atoms with Gasteiger partial charge in [-0.15, -0.1) is 16.9 Å². The van der Waals surface area contributed by atoms with E-state index < -0.39 is 0 Å². The molecule has 0 saturated carbocycles. The summed E-state index contributed by atoms with van der Waals surface area (Å²) in [6.07, 6.45) is 0. The molecule has 0 radical (unpaired) electrons. The molecule has 1 amide bonds. The maximum absolute atomic E-state index is 11.9. The molecule has 0 aliphatic carbocycles. The Kier molecular flexibility index (Phi) is 4.85. The first-order valence-electron chi connectivity index (χ1n) is 6.58. The highest BCUT2D eigenvalue weighted by Gasteiger charge is 2.12. The number of nitrogen functional groups attached to an aromatic ring is 1. The molecule has 6 nitrogen and oxygen atoms in total. The van der Waals surface area contributed by atoms with Crippen molar-refractivity contribution in [3.8, 4) is 0 Å². The third kappa shape index (κ3) is 4.22. The number of aromatic nitrogens is 2. The van der Waals surface area contributed by atoms with Crippen LogP contribution in [-0.2, 0) is 4.79 Å². The normalized spacial score (nSPS) is 10.9. The highest BCUT2D eigenvalue weighted by Crippen LogP contribution is 2.26. The van der Waals surface area contributed by atoms with E-state index in [-0.39, 0.29) is 23.6 Å². The third-order valence-corrected chi connectivity index (χ3v) is 3.78. The lowest BCUT2D eigenvalue weighted by Gasteiger charge is -2.06. The molecule has 1 aromatic heterocycles.